The average molecular weight is 235 g/mol. The Morgan fingerprint density at radius 2 is 2.35 bits per heavy atom. The highest BCUT2D eigenvalue weighted by Gasteiger charge is 2.06. The van der Waals surface area contributed by atoms with Crippen molar-refractivity contribution in [3.8, 4) is 0 Å². The molecule has 0 aromatic carbocycles. The molecule has 0 amide bonds. The summed E-state index contributed by atoms with van der Waals surface area (Å²) in [6, 6.07) is 3.85. The van der Waals surface area contributed by atoms with Crippen LogP contribution in [0, 0.1) is 0 Å². The first-order chi connectivity index (χ1) is 8.28. The van der Waals surface area contributed by atoms with Crippen LogP contribution >= 0.6 is 0 Å². The van der Waals surface area contributed by atoms with E-state index < -0.39 is 0 Å². The normalized spacial score (nSPS) is 11.2. The highest BCUT2D eigenvalue weighted by Crippen LogP contribution is 2.06. The van der Waals surface area contributed by atoms with Gasteiger partial charge in [0, 0.05) is 19.3 Å². The molecule has 0 spiro atoms. The summed E-state index contributed by atoms with van der Waals surface area (Å²) < 4.78 is 7.05. The Balaban J connectivity index is 1.86. The van der Waals surface area contributed by atoms with Gasteiger partial charge in [-0.2, -0.15) is 0 Å². The molecule has 0 saturated carbocycles. The molecule has 0 atom stereocenters. The first kappa shape index (κ1) is 11.8. The molecule has 0 aliphatic heterocycles. The first-order valence-corrected chi connectivity index (χ1v) is 5.58. The molecule has 2 heterocycles. The molecule has 0 aliphatic carbocycles. The van der Waals surface area contributed by atoms with Crippen molar-refractivity contribution in [2.75, 3.05) is 13.6 Å². The van der Waals surface area contributed by atoms with Crippen LogP contribution in [0.3, 0.4) is 0 Å². The van der Waals surface area contributed by atoms with Gasteiger partial charge in [0.05, 0.1) is 25.0 Å². The molecule has 0 saturated heterocycles. The van der Waals surface area contributed by atoms with E-state index in [-0.39, 0.29) is 0 Å². The van der Waals surface area contributed by atoms with Crippen molar-refractivity contribution in [3.05, 3.63) is 36.0 Å². The molecule has 92 valence electrons. The molecule has 0 unspecified atom stereocenters. The number of aromatic nitrogens is 3. The summed E-state index contributed by atoms with van der Waals surface area (Å²) in [5.41, 5.74) is 6.39. The van der Waals surface area contributed by atoms with Gasteiger partial charge in [-0.25, -0.2) is 0 Å². The predicted octanol–water partition coefficient (Wildman–Crippen LogP) is 0.462. The fraction of sp³-hybridized carbons (Fsp3) is 0.455. The number of hydrogen-bond donors (Lipinski definition) is 1. The quantitative estimate of drug-likeness (QED) is 0.787. The van der Waals surface area contributed by atoms with Gasteiger partial charge in [-0.3, -0.25) is 9.58 Å². The number of rotatable bonds is 6. The minimum atomic E-state index is 0.574. The lowest BCUT2D eigenvalue weighted by Crippen LogP contribution is -2.17. The molecule has 0 bridgehead atoms. The van der Waals surface area contributed by atoms with E-state index in [1.54, 1.807) is 10.9 Å². The third kappa shape index (κ3) is 3.40. The summed E-state index contributed by atoms with van der Waals surface area (Å²) in [5.74, 6) is 0.946. The lowest BCUT2D eigenvalue weighted by molar-refractivity contribution is 0.284. The summed E-state index contributed by atoms with van der Waals surface area (Å²) in [7, 11) is 2.02. The van der Waals surface area contributed by atoms with E-state index in [1.807, 2.05) is 25.4 Å². The number of hydrogen-bond acceptors (Lipinski definition) is 5. The fourth-order valence-electron chi connectivity index (χ4n) is 1.65. The van der Waals surface area contributed by atoms with Crippen molar-refractivity contribution < 1.29 is 4.42 Å². The van der Waals surface area contributed by atoms with Crippen molar-refractivity contribution >= 4 is 0 Å². The van der Waals surface area contributed by atoms with E-state index in [0.29, 0.717) is 13.1 Å². The molecule has 2 aromatic heterocycles. The molecule has 0 radical (unpaired) electrons. The van der Waals surface area contributed by atoms with Crippen LogP contribution in [-0.4, -0.2) is 33.5 Å². The van der Waals surface area contributed by atoms with Gasteiger partial charge in [0.1, 0.15) is 5.76 Å². The monoisotopic (exact) mass is 235 g/mol. The van der Waals surface area contributed by atoms with Gasteiger partial charge in [0.2, 0.25) is 0 Å². The van der Waals surface area contributed by atoms with Crippen LogP contribution in [0.5, 0.6) is 0 Å². The van der Waals surface area contributed by atoms with Crippen LogP contribution in [0.1, 0.15) is 11.5 Å². The maximum absolute atomic E-state index is 5.45. The average Bonchev–Trinajstić information content (AvgIpc) is 2.91. The summed E-state index contributed by atoms with van der Waals surface area (Å²) in [5, 5.41) is 8.08. The van der Waals surface area contributed by atoms with Crippen LogP contribution in [0.2, 0.25) is 0 Å². The Labute approximate surface area is 100 Å². The predicted molar refractivity (Wildman–Crippen MR) is 63.0 cm³/mol. The second-order valence-corrected chi connectivity index (χ2v) is 4.01. The summed E-state index contributed by atoms with van der Waals surface area (Å²) in [4.78, 5) is 2.12. The standard InChI is InChI=1S/C11H17N5O/c1-15(9-11-3-2-6-17-11)7-10-8-16(5-4-12)14-13-10/h2-3,6,8H,4-5,7,9,12H2,1H3. The SMILES string of the molecule is CN(Cc1cn(CCN)nn1)Cc1ccco1. The second-order valence-electron chi connectivity index (χ2n) is 4.01. The number of nitrogens with two attached hydrogens (primary N) is 1. The minimum absolute atomic E-state index is 0.574. The van der Waals surface area contributed by atoms with E-state index in [2.05, 4.69) is 15.2 Å². The molecule has 6 heteroatoms. The molecule has 17 heavy (non-hydrogen) atoms. The van der Waals surface area contributed by atoms with Crippen LogP contribution in [-0.2, 0) is 19.6 Å². The number of nitrogens with zero attached hydrogens (tertiary/aromatic N) is 4. The van der Waals surface area contributed by atoms with Gasteiger partial charge < -0.3 is 10.2 Å². The van der Waals surface area contributed by atoms with Crippen LogP contribution < -0.4 is 5.73 Å². The van der Waals surface area contributed by atoms with E-state index in [4.69, 9.17) is 10.2 Å². The molecule has 0 aliphatic rings. The highest BCUT2D eigenvalue weighted by atomic mass is 16.3. The Hall–Kier alpha value is -1.66. The summed E-state index contributed by atoms with van der Waals surface area (Å²) >= 11 is 0. The van der Waals surface area contributed by atoms with E-state index in [0.717, 1.165) is 24.5 Å². The zero-order valence-electron chi connectivity index (χ0n) is 9.91. The van der Waals surface area contributed by atoms with Gasteiger partial charge in [0.15, 0.2) is 0 Å². The van der Waals surface area contributed by atoms with Crippen LogP contribution in [0.25, 0.3) is 0 Å². The maximum atomic E-state index is 5.45. The van der Waals surface area contributed by atoms with Gasteiger partial charge in [-0.15, -0.1) is 5.10 Å². The van der Waals surface area contributed by atoms with Gasteiger partial charge in [0.25, 0.3) is 0 Å². The fourth-order valence-corrected chi connectivity index (χ4v) is 1.65. The topological polar surface area (TPSA) is 73.1 Å². The van der Waals surface area contributed by atoms with Gasteiger partial charge in [-0.1, -0.05) is 5.21 Å². The Morgan fingerprint density at radius 1 is 1.47 bits per heavy atom. The summed E-state index contributed by atoms with van der Waals surface area (Å²) in [6.45, 7) is 2.78. The molecule has 6 nitrogen and oxygen atoms in total. The Kier molecular flexibility index (Phi) is 3.89. The Bertz CT molecular complexity index is 436. The lowest BCUT2D eigenvalue weighted by Gasteiger charge is -2.12. The maximum Gasteiger partial charge on any atom is 0.117 e. The van der Waals surface area contributed by atoms with Crippen molar-refractivity contribution in [2.45, 2.75) is 19.6 Å². The largest absolute Gasteiger partial charge is 0.468 e. The van der Waals surface area contributed by atoms with Crippen LogP contribution in [0.15, 0.2) is 29.0 Å². The van der Waals surface area contributed by atoms with E-state index >= 15 is 0 Å². The number of furan rings is 1. The lowest BCUT2D eigenvalue weighted by atomic mass is 10.4. The second kappa shape index (κ2) is 5.60. The third-order valence-electron chi connectivity index (χ3n) is 2.38. The summed E-state index contributed by atoms with van der Waals surface area (Å²) in [6.07, 6.45) is 3.60. The van der Waals surface area contributed by atoms with E-state index in [9.17, 15) is 0 Å². The zero-order valence-corrected chi connectivity index (χ0v) is 9.91. The van der Waals surface area contributed by atoms with Crippen molar-refractivity contribution in [3.63, 3.8) is 0 Å². The smallest absolute Gasteiger partial charge is 0.117 e. The van der Waals surface area contributed by atoms with Crippen molar-refractivity contribution in [1.29, 1.82) is 0 Å². The molecule has 2 N–H and O–H groups in total. The molecule has 2 rings (SSSR count). The highest BCUT2D eigenvalue weighted by molar-refractivity contribution is 4.99. The van der Waals surface area contributed by atoms with Gasteiger partial charge >= 0.3 is 0 Å². The van der Waals surface area contributed by atoms with Crippen LogP contribution in [0.4, 0.5) is 0 Å². The van der Waals surface area contributed by atoms with E-state index in [1.165, 1.54) is 0 Å². The van der Waals surface area contributed by atoms with Crippen molar-refractivity contribution in [1.82, 2.24) is 19.9 Å². The molecular weight excluding hydrogens is 218 g/mol. The Morgan fingerprint density at radius 3 is 3.06 bits per heavy atom. The molecule has 0 fully saturated rings. The minimum Gasteiger partial charge on any atom is -0.468 e. The zero-order chi connectivity index (χ0) is 12.1. The molecule has 2 aromatic rings. The van der Waals surface area contributed by atoms with Gasteiger partial charge in [-0.05, 0) is 19.2 Å². The molecular formula is C11H17N5O. The first-order valence-electron chi connectivity index (χ1n) is 5.58. The third-order valence-corrected chi connectivity index (χ3v) is 2.38. The van der Waals surface area contributed by atoms with Crippen molar-refractivity contribution in [2.24, 2.45) is 5.73 Å².